The first-order valence-corrected chi connectivity index (χ1v) is 4.32. The van der Waals surface area contributed by atoms with Gasteiger partial charge in [-0.2, -0.15) is 0 Å². The van der Waals surface area contributed by atoms with Gasteiger partial charge in [-0.1, -0.05) is 11.8 Å². The van der Waals surface area contributed by atoms with Crippen LogP contribution in [0.25, 0.3) is 0 Å². The SMILES string of the molecule is Cc1cc([N+](=O)[O-])ccc1C#CCC=O. The zero-order chi connectivity index (χ0) is 11.3. The van der Waals surface area contributed by atoms with E-state index in [1.165, 1.54) is 12.1 Å². The lowest BCUT2D eigenvalue weighted by atomic mass is 10.1. The third-order valence-electron chi connectivity index (χ3n) is 1.83. The molecule has 0 heterocycles. The Labute approximate surface area is 87.1 Å². The van der Waals surface area contributed by atoms with Crippen molar-refractivity contribution >= 4 is 12.0 Å². The van der Waals surface area contributed by atoms with E-state index in [9.17, 15) is 14.9 Å². The van der Waals surface area contributed by atoms with Crippen LogP contribution in [0.2, 0.25) is 0 Å². The first-order valence-electron chi connectivity index (χ1n) is 4.32. The van der Waals surface area contributed by atoms with E-state index in [0.717, 1.165) is 5.56 Å². The molecule has 15 heavy (non-hydrogen) atoms. The molecule has 0 spiro atoms. The van der Waals surface area contributed by atoms with Crippen LogP contribution < -0.4 is 0 Å². The Kier molecular flexibility index (Phi) is 3.58. The summed E-state index contributed by atoms with van der Waals surface area (Å²) in [7, 11) is 0. The van der Waals surface area contributed by atoms with Gasteiger partial charge < -0.3 is 4.79 Å². The summed E-state index contributed by atoms with van der Waals surface area (Å²) in [5.74, 6) is 5.43. The van der Waals surface area contributed by atoms with Crippen molar-refractivity contribution < 1.29 is 9.72 Å². The minimum absolute atomic E-state index is 0.0495. The molecule has 4 heteroatoms. The zero-order valence-corrected chi connectivity index (χ0v) is 8.19. The number of aryl methyl sites for hydroxylation is 1. The predicted molar refractivity (Wildman–Crippen MR) is 55.4 cm³/mol. The Bertz CT molecular complexity index is 455. The lowest BCUT2D eigenvalue weighted by Gasteiger charge is -1.97. The summed E-state index contributed by atoms with van der Waals surface area (Å²) in [6.45, 7) is 1.75. The quantitative estimate of drug-likeness (QED) is 0.319. The van der Waals surface area contributed by atoms with Gasteiger partial charge in [0.05, 0.1) is 11.3 Å². The van der Waals surface area contributed by atoms with Crippen LogP contribution in [0.5, 0.6) is 0 Å². The number of benzene rings is 1. The minimum Gasteiger partial charge on any atom is -0.302 e. The molecule has 1 aromatic rings. The molecule has 0 saturated heterocycles. The van der Waals surface area contributed by atoms with E-state index in [4.69, 9.17) is 0 Å². The number of hydrogen-bond donors (Lipinski definition) is 0. The average Bonchev–Trinajstić information content (AvgIpc) is 2.20. The highest BCUT2D eigenvalue weighted by molar-refractivity contribution is 5.56. The van der Waals surface area contributed by atoms with Gasteiger partial charge in [0.1, 0.15) is 6.29 Å². The number of carbonyl (C=O) groups excluding carboxylic acids is 1. The molecule has 0 radical (unpaired) electrons. The minimum atomic E-state index is -0.449. The van der Waals surface area contributed by atoms with Gasteiger partial charge in [0.15, 0.2) is 0 Å². The molecule has 0 unspecified atom stereocenters. The standard InChI is InChI=1S/C11H9NO3/c1-9-8-11(12(14)15)6-5-10(9)4-2-3-7-13/h5-8H,3H2,1H3. The molecule has 0 aromatic heterocycles. The van der Waals surface area contributed by atoms with E-state index in [1.54, 1.807) is 13.0 Å². The summed E-state index contributed by atoms with van der Waals surface area (Å²) < 4.78 is 0. The third kappa shape index (κ3) is 2.92. The molecule has 1 aromatic carbocycles. The second kappa shape index (κ2) is 4.91. The van der Waals surface area contributed by atoms with Gasteiger partial charge >= 0.3 is 0 Å². The van der Waals surface area contributed by atoms with Crippen LogP contribution in [0.1, 0.15) is 17.5 Å². The Morgan fingerprint density at radius 3 is 2.80 bits per heavy atom. The number of non-ortho nitro benzene ring substituents is 1. The number of rotatable bonds is 2. The summed E-state index contributed by atoms with van der Waals surface area (Å²) in [5.41, 5.74) is 1.50. The molecule has 1 rings (SSSR count). The Morgan fingerprint density at radius 1 is 1.53 bits per heavy atom. The molecule has 0 bridgehead atoms. The Hall–Kier alpha value is -2.15. The van der Waals surface area contributed by atoms with E-state index in [1.807, 2.05) is 0 Å². The fourth-order valence-electron chi connectivity index (χ4n) is 1.09. The van der Waals surface area contributed by atoms with Crippen molar-refractivity contribution in [1.29, 1.82) is 0 Å². The van der Waals surface area contributed by atoms with E-state index in [0.29, 0.717) is 11.8 Å². The number of nitrogens with zero attached hydrogens (tertiary/aromatic N) is 1. The van der Waals surface area contributed by atoms with Gasteiger partial charge in [-0.25, -0.2) is 0 Å². The van der Waals surface area contributed by atoms with E-state index in [-0.39, 0.29) is 12.1 Å². The van der Waals surface area contributed by atoms with Crippen molar-refractivity contribution in [2.75, 3.05) is 0 Å². The molecule has 4 nitrogen and oxygen atoms in total. The highest BCUT2D eigenvalue weighted by Crippen LogP contribution is 2.16. The van der Waals surface area contributed by atoms with Crippen molar-refractivity contribution in [2.24, 2.45) is 0 Å². The van der Waals surface area contributed by atoms with Gasteiger partial charge in [0.25, 0.3) is 5.69 Å². The second-order valence-corrected chi connectivity index (χ2v) is 2.93. The molecule has 0 atom stereocenters. The summed E-state index contributed by atoms with van der Waals surface area (Å²) in [6.07, 6.45) is 0.893. The summed E-state index contributed by atoms with van der Waals surface area (Å²) in [6, 6.07) is 4.45. The number of carbonyl (C=O) groups is 1. The highest BCUT2D eigenvalue weighted by atomic mass is 16.6. The second-order valence-electron chi connectivity index (χ2n) is 2.93. The van der Waals surface area contributed by atoms with Crippen LogP contribution in [0.3, 0.4) is 0 Å². The van der Waals surface area contributed by atoms with E-state index < -0.39 is 4.92 Å². The third-order valence-corrected chi connectivity index (χ3v) is 1.83. The molecule has 0 aliphatic carbocycles. The van der Waals surface area contributed by atoms with Crippen LogP contribution in [0.15, 0.2) is 18.2 Å². The van der Waals surface area contributed by atoms with Crippen LogP contribution in [0.4, 0.5) is 5.69 Å². The molecule has 0 amide bonds. The Balaban J connectivity index is 2.99. The average molecular weight is 203 g/mol. The molecule has 76 valence electrons. The van der Waals surface area contributed by atoms with Crippen LogP contribution in [-0.4, -0.2) is 11.2 Å². The molecular formula is C11H9NO3. The number of nitro groups is 1. The summed E-state index contributed by atoms with van der Waals surface area (Å²) in [4.78, 5) is 20.0. The van der Waals surface area contributed by atoms with Crippen molar-refractivity contribution in [3.8, 4) is 11.8 Å². The first-order chi connectivity index (χ1) is 7.15. The van der Waals surface area contributed by atoms with Crippen molar-refractivity contribution in [3.05, 3.63) is 39.4 Å². The lowest BCUT2D eigenvalue weighted by molar-refractivity contribution is -0.384. The molecular weight excluding hydrogens is 194 g/mol. The fraction of sp³-hybridized carbons (Fsp3) is 0.182. The zero-order valence-electron chi connectivity index (χ0n) is 8.19. The maximum atomic E-state index is 10.4. The van der Waals surface area contributed by atoms with Crippen LogP contribution in [0, 0.1) is 28.9 Å². The lowest BCUT2D eigenvalue weighted by Crippen LogP contribution is -1.90. The van der Waals surface area contributed by atoms with Crippen molar-refractivity contribution in [1.82, 2.24) is 0 Å². The van der Waals surface area contributed by atoms with E-state index in [2.05, 4.69) is 11.8 Å². The monoisotopic (exact) mass is 203 g/mol. The number of nitro benzene ring substituents is 1. The number of hydrogen-bond acceptors (Lipinski definition) is 3. The van der Waals surface area contributed by atoms with Gasteiger partial charge in [0, 0.05) is 17.7 Å². The van der Waals surface area contributed by atoms with Crippen molar-refractivity contribution in [3.63, 3.8) is 0 Å². The Morgan fingerprint density at radius 2 is 2.27 bits per heavy atom. The maximum Gasteiger partial charge on any atom is 0.269 e. The van der Waals surface area contributed by atoms with Gasteiger partial charge in [0.2, 0.25) is 0 Å². The first kappa shape index (κ1) is 10.9. The van der Waals surface area contributed by atoms with Crippen molar-refractivity contribution in [2.45, 2.75) is 13.3 Å². The summed E-state index contributed by atoms with van der Waals surface area (Å²) in [5, 5.41) is 10.4. The van der Waals surface area contributed by atoms with Gasteiger partial charge in [-0.3, -0.25) is 10.1 Å². The molecule has 0 aliphatic rings. The molecule has 0 aliphatic heterocycles. The summed E-state index contributed by atoms with van der Waals surface area (Å²) >= 11 is 0. The predicted octanol–water partition coefficient (Wildman–Crippen LogP) is 1.84. The number of aldehydes is 1. The van der Waals surface area contributed by atoms with Gasteiger partial charge in [-0.15, -0.1) is 0 Å². The maximum absolute atomic E-state index is 10.4. The molecule has 0 N–H and O–H groups in total. The van der Waals surface area contributed by atoms with E-state index >= 15 is 0 Å². The normalized spacial score (nSPS) is 8.87. The van der Waals surface area contributed by atoms with Crippen LogP contribution in [-0.2, 0) is 4.79 Å². The van der Waals surface area contributed by atoms with Gasteiger partial charge in [-0.05, 0) is 18.6 Å². The van der Waals surface area contributed by atoms with Crippen LogP contribution >= 0.6 is 0 Å². The fourth-order valence-corrected chi connectivity index (χ4v) is 1.09. The largest absolute Gasteiger partial charge is 0.302 e. The smallest absolute Gasteiger partial charge is 0.269 e. The molecule has 0 saturated carbocycles. The topological polar surface area (TPSA) is 60.2 Å². The highest BCUT2D eigenvalue weighted by Gasteiger charge is 2.06. The molecule has 0 fully saturated rings.